The molecule has 0 bridgehead atoms. The number of nitrogen functional groups attached to an aromatic ring is 1. The van der Waals surface area contributed by atoms with Gasteiger partial charge in [-0.3, -0.25) is 9.59 Å². The fourth-order valence-corrected chi connectivity index (χ4v) is 2.06. The average Bonchev–Trinajstić information content (AvgIpc) is 2.55. The molecule has 2 atom stereocenters. The van der Waals surface area contributed by atoms with Crippen molar-refractivity contribution in [2.24, 2.45) is 11.8 Å². The van der Waals surface area contributed by atoms with Gasteiger partial charge in [-0.25, -0.2) is 4.90 Å². The Kier molecular flexibility index (Phi) is 2.98. The second-order valence-electron chi connectivity index (χ2n) is 4.52. The molecule has 0 radical (unpaired) electrons. The number of benzene rings is 1. The highest BCUT2D eigenvalue weighted by molar-refractivity contribution is 6.22. The first kappa shape index (κ1) is 12.4. The second-order valence-corrected chi connectivity index (χ2v) is 4.52. The van der Waals surface area contributed by atoms with Gasteiger partial charge in [-0.2, -0.15) is 0 Å². The van der Waals surface area contributed by atoms with Crippen LogP contribution in [0, 0.1) is 11.8 Å². The van der Waals surface area contributed by atoms with E-state index in [0.717, 1.165) is 0 Å². The summed E-state index contributed by atoms with van der Waals surface area (Å²) >= 11 is 0. The lowest BCUT2D eigenvalue weighted by Gasteiger charge is -2.18. The number of ether oxygens (including phenoxy) is 1. The molecule has 0 aromatic heterocycles. The van der Waals surface area contributed by atoms with Crippen LogP contribution in [0.2, 0.25) is 0 Å². The molecule has 0 spiro atoms. The predicted molar refractivity (Wildman–Crippen MR) is 68.2 cm³/mol. The molecular weight excluding hydrogens is 232 g/mol. The molecule has 18 heavy (non-hydrogen) atoms. The summed E-state index contributed by atoms with van der Waals surface area (Å²) in [4.78, 5) is 25.4. The van der Waals surface area contributed by atoms with E-state index < -0.39 is 0 Å². The zero-order chi connectivity index (χ0) is 13.4. The van der Waals surface area contributed by atoms with Gasteiger partial charge < -0.3 is 10.5 Å². The number of hydrogen-bond acceptors (Lipinski definition) is 4. The van der Waals surface area contributed by atoms with Crippen LogP contribution < -0.4 is 15.4 Å². The van der Waals surface area contributed by atoms with Crippen LogP contribution in [0.15, 0.2) is 18.2 Å². The smallest absolute Gasteiger partial charge is 0.237 e. The number of imide groups is 1. The zero-order valence-corrected chi connectivity index (χ0v) is 10.6. The van der Waals surface area contributed by atoms with Crippen LogP contribution in [0.25, 0.3) is 0 Å². The Morgan fingerprint density at radius 1 is 1.17 bits per heavy atom. The van der Waals surface area contributed by atoms with Crippen LogP contribution in [0.4, 0.5) is 11.4 Å². The van der Waals surface area contributed by atoms with Crippen LogP contribution in [-0.4, -0.2) is 18.9 Å². The molecule has 2 unspecified atom stereocenters. The number of anilines is 2. The summed E-state index contributed by atoms with van der Waals surface area (Å²) in [5.41, 5.74) is 6.64. The van der Waals surface area contributed by atoms with E-state index in [9.17, 15) is 9.59 Å². The summed E-state index contributed by atoms with van der Waals surface area (Å²) < 4.78 is 5.18. The Balaban J connectivity index is 2.49. The molecule has 0 saturated carbocycles. The van der Waals surface area contributed by atoms with E-state index >= 15 is 0 Å². The largest absolute Gasteiger partial charge is 0.494 e. The molecule has 1 saturated heterocycles. The van der Waals surface area contributed by atoms with Crippen molar-refractivity contribution in [1.29, 1.82) is 0 Å². The van der Waals surface area contributed by atoms with Gasteiger partial charge in [0.15, 0.2) is 0 Å². The molecule has 5 heteroatoms. The summed E-state index contributed by atoms with van der Waals surface area (Å²) in [5.74, 6) is -0.580. The lowest BCUT2D eigenvalue weighted by molar-refractivity contribution is -0.122. The van der Waals surface area contributed by atoms with E-state index in [0.29, 0.717) is 17.1 Å². The second kappa shape index (κ2) is 4.33. The molecule has 2 N–H and O–H groups in total. The molecular formula is C13H16N2O3. The highest BCUT2D eigenvalue weighted by Gasteiger charge is 2.43. The van der Waals surface area contributed by atoms with Gasteiger partial charge in [0.25, 0.3) is 0 Å². The third-order valence-corrected chi connectivity index (χ3v) is 3.41. The molecule has 1 heterocycles. The summed E-state index contributed by atoms with van der Waals surface area (Å²) in [6.07, 6.45) is 0. The van der Waals surface area contributed by atoms with Gasteiger partial charge >= 0.3 is 0 Å². The van der Waals surface area contributed by atoms with Gasteiger partial charge in [0, 0.05) is 23.6 Å². The van der Waals surface area contributed by atoms with Crippen molar-refractivity contribution in [3.05, 3.63) is 18.2 Å². The third kappa shape index (κ3) is 1.72. The highest BCUT2D eigenvalue weighted by Crippen LogP contribution is 2.36. The molecule has 1 aliphatic rings. The maximum absolute atomic E-state index is 12.1. The SMILES string of the molecule is COc1cc(N)ccc1N1C(=O)C(C)C(C)C1=O. The Hall–Kier alpha value is -2.04. The Labute approximate surface area is 106 Å². The van der Waals surface area contributed by atoms with E-state index in [1.807, 2.05) is 0 Å². The first-order valence-electron chi connectivity index (χ1n) is 5.78. The fraction of sp³-hybridized carbons (Fsp3) is 0.385. The van der Waals surface area contributed by atoms with E-state index in [2.05, 4.69) is 0 Å². The number of amides is 2. The fourth-order valence-electron chi connectivity index (χ4n) is 2.06. The van der Waals surface area contributed by atoms with Crippen molar-refractivity contribution in [3.63, 3.8) is 0 Å². The number of methoxy groups -OCH3 is 1. The maximum atomic E-state index is 12.1. The maximum Gasteiger partial charge on any atom is 0.237 e. The average molecular weight is 248 g/mol. The summed E-state index contributed by atoms with van der Waals surface area (Å²) in [5, 5.41) is 0. The third-order valence-electron chi connectivity index (χ3n) is 3.41. The molecule has 2 rings (SSSR count). The van der Waals surface area contributed by atoms with E-state index in [4.69, 9.17) is 10.5 Å². The summed E-state index contributed by atoms with van der Waals surface area (Å²) in [6, 6.07) is 4.88. The Bertz CT molecular complexity index is 493. The Morgan fingerprint density at radius 2 is 1.72 bits per heavy atom. The van der Waals surface area contributed by atoms with Crippen LogP contribution in [0.1, 0.15) is 13.8 Å². The number of nitrogens with two attached hydrogens (primary N) is 1. The van der Waals surface area contributed by atoms with Crippen LogP contribution in [-0.2, 0) is 9.59 Å². The lowest BCUT2D eigenvalue weighted by atomic mass is 10.00. The quantitative estimate of drug-likeness (QED) is 0.634. The summed E-state index contributed by atoms with van der Waals surface area (Å²) in [7, 11) is 1.48. The number of rotatable bonds is 2. The zero-order valence-electron chi connectivity index (χ0n) is 10.6. The molecule has 1 fully saturated rings. The first-order chi connectivity index (χ1) is 8.47. The van der Waals surface area contributed by atoms with E-state index in [1.54, 1.807) is 32.0 Å². The van der Waals surface area contributed by atoms with Crippen molar-refractivity contribution < 1.29 is 14.3 Å². The monoisotopic (exact) mass is 248 g/mol. The number of hydrogen-bond donors (Lipinski definition) is 1. The lowest BCUT2D eigenvalue weighted by Crippen LogP contribution is -2.31. The van der Waals surface area contributed by atoms with E-state index in [1.165, 1.54) is 12.0 Å². The van der Waals surface area contributed by atoms with Crippen molar-refractivity contribution in [2.75, 3.05) is 17.7 Å². The van der Waals surface area contributed by atoms with Crippen LogP contribution in [0.5, 0.6) is 5.75 Å². The number of carbonyl (C=O) groups excluding carboxylic acids is 2. The first-order valence-corrected chi connectivity index (χ1v) is 5.78. The van der Waals surface area contributed by atoms with Gasteiger partial charge in [-0.1, -0.05) is 13.8 Å². The molecule has 96 valence electrons. The molecule has 1 aromatic carbocycles. The van der Waals surface area contributed by atoms with Crippen molar-refractivity contribution in [3.8, 4) is 5.75 Å². The number of nitrogens with zero attached hydrogens (tertiary/aromatic N) is 1. The van der Waals surface area contributed by atoms with Crippen LogP contribution in [0.3, 0.4) is 0 Å². The Morgan fingerprint density at radius 3 is 2.22 bits per heavy atom. The highest BCUT2D eigenvalue weighted by atomic mass is 16.5. The normalized spacial score (nSPS) is 23.6. The standard InChI is InChI=1S/C13H16N2O3/c1-7-8(2)13(17)15(12(7)16)10-5-4-9(14)6-11(10)18-3/h4-8H,14H2,1-3H3. The van der Waals surface area contributed by atoms with Crippen molar-refractivity contribution in [2.45, 2.75) is 13.8 Å². The molecule has 5 nitrogen and oxygen atoms in total. The minimum Gasteiger partial charge on any atom is -0.494 e. The van der Waals surface area contributed by atoms with Crippen molar-refractivity contribution in [1.82, 2.24) is 0 Å². The summed E-state index contributed by atoms with van der Waals surface area (Å²) in [6.45, 7) is 3.52. The number of carbonyl (C=O) groups is 2. The van der Waals surface area contributed by atoms with Gasteiger partial charge in [0.05, 0.1) is 12.8 Å². The molecule has 1 aromatic rings. The minimum absolute atomic E-state index is 0.199. The van der Waals surface area contributed by atoms with Gasteiger partial charge in [-0.15, -0.1) is 0 Å². The molecule has 0 aliphatic carbocycles. The van der Waals surface area contributed by atoms with Gasteiger partial charge in [-0.05, 0) is 12.1 Å². The van der Waals surface area contributed by atoms with Crippen molar-refractivity contribution >= 4 is 23.2 Å². The van der Waals surface area contributed by atoms with E-state index in [-0.39, 0.29) is 23.7 Å². The topological polar surface area (TPSA) is 72.6 Å². The predicted octanol–water partition coefficient (Wildman–Crippen LogP) is 1.42. The van der Waals surface area contributed by atoms with Gasteiger partial charge in [0.2, 0.25) is 11.8 Å². The van der Waals surface area contributed by atoms with Gasteiger partial charge in [0.1, 0.15) is 5.75 Å². The molecule has 1 aliphatic heterocycles. The minimum atomic E-state index is -0.306. The van der Waals surface area contributed by atoms with Crippen LogP contribution >= 0.6 is 0 Å². The molecule has 2 amide bonds.